The van der Waals surface area contributed by atoms with E-state index in [1.807, 2.05) is 36.4 Å². The molecule has 1 aromatic heterocycles. The molecule has 0 fully saturated rings. The molecule has 3 aromatic rings. The van der Waals surface area contributed by atoms with E-state index >= 15 is 0 Å². The molecule has 0 aliphatic heterocycles. The van der Waals surface area contributed by atoms with E-state index in [1.165, 1.54) is 6.92 Å². The van der Waals surface area contributed by atoms with Gasteiger partial charge in [0.1, 0.15) is 5.82 Å². The van der Waals surface area contributed by atoms with Crippen LogP contribution in [0.2, 0.25) is 0 Å². The molecule has 0 aliphatic carbocycles. The Bertz CT molecular complexity index is 927. The Morgan fingerprint density at radius 2 is 1.79 bits per heavy atom. The summed E-state index contributed by atoms with van der Waals surface area (Å²) < 4.78 is 0. The number of anilines is 1. The third-order valence-electron chi connectivity index (χ3n) is 4.42. The van der Waals surface area contributed by atoms with Gasteiger partial charge in [0.25, 0.3) is 0 Å². The van der Waals surface area contributed by atoms with Crippen LogP contribution in [-0.2, 0) is 16.0 Å². The number of H-pyrrole nitrogens is 1. The second kappa shape index (κ2) is 8.69. The Labute approximate surface area is 164 Å². The molecule has 1 atom stereocenters. The van der Waals surface area contributed by atoms with Crippen molar-refractivity contribution in [2.24, 2.45) is 5.92 Å². The van der Waals surface area contributed by atoms with Crippen molar-refractivity contribution in [3.05, 3.63) is 59.9 Å². The van der Waals surface area contributed by atoms with Crippen molar-refractivity contribution in [1.82, 2.24) is 15.3 Å². The van der Waals surface area contributed by atoms with Crippen LogP contribution in [0.15, 0.2) is 48.5 Å². The highest BCUT2D eigenvalue weighted by Crippen LogP contribution is 2.22. The fraction of sp³-hybridized carbons (Fsp3) is 0.318. The average molecular weight is 378 g/mol. The molecule has 146 valence electrons. The molecule has 0 saturated carbocycles. The first-order valence-electron chi connectivity index (χ1n) is 9.51. The molecule has 3 rings (SSSR count). The number of para-hydroxylation sites is 2. The summed E-state index contributed by atoms with van der Waals surface area (Å²) in [6.45, 7) is 5.72. The molecule has 2 aromatic carbocycles. The van der Waals surface area contributed by atoms with Gasteiger partial charge in [-0.1, -0.05) is 38.1 Å². The van der Waals surface area contributed by atoms with Crippen molar-refractivity contribution in [2.75, 3.05) is 5.32 Å². The van der Waals surface area contributed by atoms with Gasteiger partial charge in [0.15, 0.2) is 0 Å². The zero-order valence-corrected chi connectivity index (χ0v) is 16.5. The number of amides is 2. The van der Waals surface area contributed by atoms with Crippen molar-refractivity contribution < 1.29 is 9.59 Å². The lowest BCUT2D eigenvalue weighted by atomic mass is 10.0. The summed E-state index contributed by atoms with van der Waals surface area (Å²) in [5.41, 5.74) is 3.47. The minimum atomic E-state index is -0.168. The predicted octanol–water partition coefficient (Wildman–Crippen LogP) is 3.97. The van der Waals surface area contributed by atoms with Gasteiger partial charge in [-0.3, -0.25) is 9.59 Å². The monoisotopic (exact) mass is 378 g/mol. The number of fused-ring (bicyclic) bond motifs is 1. The normalized spacial score (nSPS) is 12.1. The standard InChI is InChI=1S/C22H26N4O2/c1-14(2)12-20(22-25-18-6-4-5-7-19(18)26-22)24-21(28)13-16-8-10-17(11-9-16)23-15(3)27/h4-11,14,20H,12-13H2,1-3H3,(H,23,27)(H,24,28)(H,25,26)/t20-/m1/s1. The van der Waals surface area contributed by atoms with Crippen LogP contribution in [0.1, 0.15) is 44.6 Å². The number of aromatic nitrogens is 2. The maximum absolute atomic E-state index is 12.6. The highest BCUT2D eigenvalue weighted by Gasteiger charge is 2.20. The van der Waals surface area contributed by atoms with Gasteiger partial charge < -0.3 is 15.6 Å². The van der Waals surface area contributed by atoms with Crippen LogP contribution in [0, 0.1) is 5.92 Å². The van der Waals surface area contributed by atoms with Gasteiger partial charge in [-0.2, -0.15) is 0 Å². The van der Waals surface area contributed by atoms with Crippen LogP contribution in [0.5, 0.6) is 0 Å². The Morgan fingerprint density at radius 3 is 2.43 bits per heavy atom. The smallest absolute Gasteiger partial charge is 0.225 e. The lowest BCUT2D eigenvalue weighted by Gasteiger charge is -2.19. The lowest BCUT2D eigenvalue weighted by Crippen LogP contribution is -2.31. The van der Waals surface area contributed by atoms with Crippen molar-refractivity contribution in [3.8, 4) is 0 Å². The Morgan fingerprint density at radius 1 is 1.07 bits per heavy atom. The maximum Gasteiger partial charge on any atom is 0.225 e. The van der Waals surface area contributed by atoms with Gasteiger partial charge in [-0.15, -0.1) is 0 Å². The number of carbonyl (C=O) groups is 2. The number of imidazole rings is 1. The topological polar surface area (TPSA) is 86.9 Å². The highest BCUT2D eigenvalue weighted by molar-refractivity contribution is 5.88. The molecule has 28 heavy (non-hydrogen) atoms. The molecular formula is C22H26N4O2. The lowest BCUT2D eigenvalue weighted by molar-refractivity contribution is -0.121. The van der Waals surface area contributed by atoms with Crippen molar-refractivity contribution in [2.45, 2.75) is 39.7 Å². The molecule has 0 radical (unpaired) electrons. The summed E-state index contributed by atoms with van der Waals surface area (Å²) >= 11 is 0. The number of nitrogens with zero attached hydrogens (tertiary/aromatic N) is 1. The summed E-state index contributed by atoms with van der Waals surface area (Å²) in [5, 5.41) is 5.84. The molecule has 1 heterocycles. The van der Waals surface area contributed by atoms with E-state index in [2.05, 4.69) is 34.4 Å². The number of benzene rings is 2. The van der Waals surface area contributed by atoms with E-state index in [0.29, 0.717) is 5.92 Å². The minimum Gasteiger partial charge on any atom is -0.346 e. The number of hydrogen-bond acceptors (Lipinski definition) is 3. The van der Waals surface area contributed by atoms with Gasteiger partial charge >= 0.3 is 0 Å². The Hall–Kier alpha value is -3.15. The van der Waals surface area contributed by atoms with Gasteiger partial charge in [0.2, 0.25) is 11.8 Å². The summed E-state index contributed by atoms with van der Waals surface area (Å²) in [6, 6.07) is 15.0. The fourth-order valence-corrected chi connectivity index (χ4v) is 3.19. The Balaban J connectivity index is 1.70. The van der Waals surface area contributed by atoms with E-state index in [9.17, 15) is 9.59 Å². The Kier molecular flexibility index (Phi) is 6.09. The first kappa shape index (κ1) is 19.6. The number of nitrogens with one attached hydrogen (secondary N) is 3. The predicted molar refractivity (Wildman–Crippen MR) is 111 cm³/mol. The first-order valence-corrected chi connectivity index (χ1v) is 9.51. The van der Waals surface area contributed by atoms with Crippen molar-refractivity contribution in [1.29, 1.82) is 0 Å². The van der Waals surface area contributed by atoms with Crippen LogP contribution in [0.25, 0.3) is 11.0 Å². The molecule has 0 spiro atoms. The summed E-state index contributed by atoms with van der Waals surface area (Å²) in [4.78, 5) is 31.7. The third kappa shape index (κ3) is 5.19. The fourth-order valence-electron chi connectivity index (χ4n) is 3.19. The zero-order chi connectivity index (χ0) is 20.1. The second-order valence-corrected chi connectivity index (χ2v) is 7.44. The molecule has 6 heteroatoms. The summed E-state index contributed by atoms with van der Waals surface area (Å²) in [5.74, 6) is 1.02. The van der Waals surface area contributed by atoms with Crippen molar-refractivity contribution >= 4 is 28.5 Å². The number of rotatable bonds is 7. The first-order chi connectivity index (χ1) is 13.4. The number of hydrogen-bond donors (Lipinski definition) is 3. The maximum atomic E-state index is 12.6. The summed E-state index contributed by atoms with van der Waals surface area (Å²) in [7, 11) is 0. The third-order valence-corrected chi connectivity index (χ3v) is 4.42. The quantitative estimate of drug-likeness (QED) is 0.581. The molecule has 0 unspecified atom stereocenters. The van der Waals surface area contributed by atoms with Gasteiger partial charge in [-0.25, -0.2) is 4.98 Å². The second-order valence-electron chi connectivity index (χ2n) is 7.44. The number of carbonyl (C=O) groups excluding carboxylic acids is 2. The molecule has 0 aliphatic rings. The van der Waals surface area contributed by atoms with Crippen LogP contribution in [-0.4, -0.2) is 21.8 Å². The van der Waals surface area contributed by atoms with E-state index in [1.54, 1.807) is 12.1 Å². The van der Waals surface area contributed by atoms with Crippen LogP contribution in [0.4, 0.5) is 5.69 Å². The van der Waals surface area contributed by atoms with E-state index in [4.69, 9.17) is 0 Å². The van der Waals surface area contributed by atoms with E-state index < -0.39 is 0 Å². The van der Waals surface area contributed by atoms with Crippen LogP contribution in [0.3, 0.4) is 0 Å². The average Bonchev–Trinajstić information content (AvgIpc) is 3.06. The zero-order valence-electron chi connectivity index (χ0n) is 16.5. The number of aromatic amines is 1. The van der Waals surface area contributed by atoms with Crippen LogP contribution < -0.4 is 10.6 Å². The molecule has 0 bridgehead atoms. The van der Waals surface area contributed by atoms with Gasteiger partial charge in [-0.05, 0) is 42.2 Å². The van der Waals surface area contributed by atoms with Crippen LogP contribution >= 0.6 is 0 Å². The SMILES string of the molecule is CC(=O)Nc1ccc(CC(=O)N[C@H](CC(C)C)c2nc3ccccc3[nH]2)cc1. The minimum absolute atomic E-state index is 0.0571. The highest BCUT2D eigenvalue weighted by atomic mass is 16.2. The molecule has 0 saturated heterocycles. The van der Waals surface area contributed by atoms with Crippen molar-refractivity contribution in [3.63, 3.8) is 0 Å². The molecule has 6 nitrogen and oxygen atoms in total. The van der Waals surface area contributed by atoms with E-state index in [0.717, 1.165) is 34.5 Å². The van der Waals surface area contributed by atoms with Gasteiger partial charge in [0, 0.05) is 12.6 Å². The molecule has 3 N–H and O–H groups in total. The largest absolute Gasteiger partial charge is 0.346 e. The van der Waals surface area contributed by atoms with E-state index in [-0.39, 0.29) is 24.3 Å². The van der Waals surface area contributed by atoms with Gasteiger partial charge in [0.05, 0.1) is 23.5 Å². The summed E-state index contributed by atoms with van der Waals surface area (Å²) in [6.07, 6.45) is 1.07. The molecular weight excluding hydrogens is 352 g/mol. The molecule has 2 amide bonds.